The van der Waals surface area contributed by atoms with E-state index in [9.17, 15) is 9.18 Å². The summed E-state index contributed by atoms with van der Waals surface area (Å²) in [4.78, 5) is 19.6. The number of aromatic nitrogens is 2. The molecule has 8 heteroatoms. The van der Waals surface area contributed by atoms with Crippen LogP contribution in [0.15, 0.2) is 28.9 Å². The zero-order valence-corrected chi connectivity index (χ0v) is 11.7. The van der Waals surface area contributed by atoms with Crippen molar-refractivity contribution in [2.24, 2.45) is 0 Å². The molecule has 0 fully saturated rings. The Morgan fingerprint density at radius 2 is 2.21 bits per heavy atom. The quantitative estimate of drug-likeness (QED) is 0.648. The Bertz CT molecular complexity index is 653. The minimum absolute atomic E-state index is 0.0484. The first-order valence-corrected chi connectivity index (χ1v) is 6.19. The van der Waals surface area contributed by atoms with Crippen LogP contribution in [0.4, 0.5) is 16.0 Å². The van der Waals surface area contributed by atoms with Gasteiger partial charge in [-0.25, -0.2) is 14.4 Å². The molecular formula is C11H7BrClFN4O. The lowest BCUT2D eigenvalue weighted by Gasteiger charge is -2.07. The number of benzene rings is 1. The molecule has 2 aromatic rings. The SMILES string of the molecule is Nc1cc(C(=O)Nc2nccc(Cl)n2)c(Br)cc1F. The van der Waals surface area contributed by atoms with Crippen LogP contribution in [-0.2, 0) is 0 Å². The molecule has 5 nitrogen and oxygen atoms in total. The van der Waals surface area contributed by atoms with Crippen LogP contribution in [0, 0.1) is 5.82 Å². The molecule has 0 atom stereocenters. The molecule has 19 heavy (non-hydrogen) atoms. The van der Waals surface area contributed by atoms with Crippen LogP contribution < -0.4 is 11.1 Å². The van der Waals surface area contributed by atoms with Crippen molar-refractivity contribution < 1.29 is 9.18 Å². The summed E-state index contributed by atoms with van der Waals surface area (Å²) in [5, 5.41) is 2.63. The largest absolute Gasteiger partial charge is 0.396 e. The van der Waals surface area contributed by atoms with E-state index in [1.54, 1.807) is 0 Å². The lowest BCUT2D eigenvalue weighted by molar-refractivity contribution is 0.102. The van der Waals surface area contributed by atoms with E-state index < -0.39 is 11.7 Å². The van der Waals surface area contributed by atoms with E-state index in [4.69, 9.17) is 17.3 Å². The van der Waals surface area contributed by atoms with Crippen LogP contribution in [0.2, 0.25) is 5.15 Å². The summed E-state index contributed by atoms with van der Waals surface area (Å²) in [6, 6.07) is 3.81. The fraction of sp³-hybridized carbons (Fsp3) is 0. The molecule has 1 amide bonds. The first kappa shape index (κ1) is 13.7. The molecule has 0 spiro atoms. The molecule has 1 aromatic carbocycles. The number of carbonyl (C=O) groups excluding carboxylic acids is 1. The van der Waals surface area contributed by atoms with Crippen LogP contribution in [-0.4, -0.2) is 15.9 Å². The Balaban J connectivity index is 2.28. The van der Waals surface area contributed by atoms with Crippen molar-refractivity contribution in [2.45, 2.75) is 0 Å². The van der Waals surface area contributed by atoms with Gasteiger partial charge in [0.2, 0.25) is 5.95 Å². The predicted octanol–water partition coefficient (Wildman–Crippen LogP) is 2.87. The molecule has 0 saturated heterocycles. The molecule has 2 rings (SSSR count). The summed E-state index contributed by atoms with van der Waals surface area (Å²) in [6.07, 6.45) is 1.40. The number of halogens is 3. The summed E-state index contributed by atoms with van der Waals surface area (Å²) < 4.78 is 13.5. The Labute approximate surface area is 121 Å². The van der Waals surface area contributed by atoms with E-state index in [1.165, 1.54) is 18.3 Å². The third kappa shape index (κ3) is 3.18. The average molecular weight is 346 g/mol. The monoisotopic (exact) mass is 344 g/mol. The number of hydrogen-bond acceptors (Lipinski definition) is 4. The van der Waals surface area contributed by atoms with Crippen molar-refractivity contribution in [3.05, 3.63) is 45.4 Å². The Hall–Kier alpha value is -1.73. The number of nitrogens with zero attached hydrogens (tertiary/aromatic N) is 2. The van der Waals surface area contributed by atoms with Gasteiger partial charge in [0, 0.05) is 10.7 Å². The lowest BCUT2D eigenvalue weighted by atomic mass is 10.2. The third-order valence-electron chi connectivity index (χ3n) is 2.18. The van der Waals surface area contributed by atoms with Gasteiger partial charge >= 0.3 is 0 Å². The van der Waals surface area contributed by atoms with Crippen LogP contribution in [0.5, 0.6) is 0 Å². The number of nitrogens with two attached hydrogens (primary N) is 1. The van der Waals surface area contributed by atoms with Crippen molar-refractivity contribution in [2.75, 3.05) is 11.1 Å². The summed E-state index contributed by atoms with van der Waals surface area (Å²) in [6.45, 7) is 0. The van der Waals surface area contributed by atoms with Gasteiger partial charge in [0.25, 0.3) is 5.91 Å². The topological polar surface area (TPSA) is 80.9 Å². The molecule has 3 N–H and O–H groups in total. The smallest absolute Gasteiger partial charge is 0.259 e. The van der Waals surface area contributed by atoms with Crippen molar-refractivity contribution in [3.63, 3.8) is 0 Å². The third-order valence-corrected chi connectivity index (χ3v) is 3.04. The number of rotatable bonds is 2. The normalized spacial score (nSPS) is 10.3. The highest BCUT2D eigenvalue weighted by atomic mass is 79.9. The zero-order valence-electron chi connectivity index (χ0n) is 9.32. The van der Waals surface area contributed by atoms with Gasteiger partial charge in [-0.1, -0.05) is 11.6 Å². The second-order valence-corrected chi connectivity index (χ2v) is 4.75. The van der Waals surface area contributed by atoms with Crippen molar-refractivity contribution in [3.8, 4) is 0 Å². The van der Waals surface area contributed by atoms with E-state index in [1.807, 2.05) is 0 Å². The van der Waals surface area contributed by atoms with Crippen LogP contribution in [0.3, 0.4) is 0 Å². The number of amides is 1. The maximum absolute atomic E-state index is 13.2. The van der Waals surface area contributed by atoms with Gasteiger partial charge in [0.15, 0.2) is 0 Å². The molecular weight excluding hydrogens is 339 g/mol. The molecule has 0 saturated carbocycles. The Morgan fingerprint density at radius 1 is 1.47 bits per heavy atom. The molecule has 1 heterocycles. The molecule has 98 valence electrons. The first-order chi connectivity index (χ1) is 8.97. The standard InChI is InChI=1S/C11H7BrClFN4O/c12-6-4-7(14)8(15)3-5(6)10(19)18-11-16-2-1-9(13)17-11/h1-4H,15H2,(H,16,17,18,19). The first-order valence-electron chi connectivity index (χ1n) is 5.02. The average Bonchev–Trinajstić information content (AvgIpc) is 2.33. The highest BCUT2D eigenvalue weighted by Gasteiger charge is 2.14. The summed E-state index contributed by atoms with van der Waals surface area (Å²) in [5.74, 6) is -1.09. The highest BCUT2D eigenvalue weighted by Crippen LogP contribution is 2.23. The second-order valence-electron chi connectivity index (χ2n) is 3.51. The fourth-order valence-electron chi connectivity index (χ4n) is 1.31. The number of hydrogen-bond donors (Lipinski definition) is 2. The van der Waals surface area contributed by atoms with Crippen LogP contribution in [0.1, 0.15) is 10.4 Å². The van der Waals surface area contributed by atoms with Gasteiger partial charge < -0.3 is 5.73 Å². The number of carbonyl (C=O) groups is 1. The van der Waals surface area contributed by atoms with E-state index in [0.29, 0.717) is 0 Å². The Kier molecular flexibility index (Phi) is 3.96. The maximum Gasteiger partial charge on any atom is 0.259 e. The van der Waals surface area contributed by atoms with Gasteiger partial charge in [0.1, 0.15) is 11.0 Å². The molecule has 0 aliphatic heterocycles. The molecule has 0 aliphatic rings. The lowest BCUT2D eigenvalue weighted by Crippen LogP contribution is -2.15. The van der Waals surface area contributed by atoms with Gasteiger partial charge in [-0.15, -0.1) is 0 Å². The van der Waals surface area contributed by atoms with Crippen LogP contribution in [0.25, 0.3) is 0 Å². The van der Waals surface area contributed by atoms with Crippen molar-refractivity contribution in [1.82, 2.24) is 9.97 Å². The predicted molar refractivity (Wildman–Crippen MR) is 73.5 cm³/mol. The number of nitrogens with one attached hydrogen (secondary N) is 1. The minimum Gasteiger partial charge on any atom is -0.396 e. The highest BCUT2D eigenvalue weighted by molar-refractivity contribution is 9.10. The summed E-state index contributed by atoms with van der Waals surface area (Å²) in [5.41, 5.74) is 5.46. The van der Waals surface area contributed by atoms with Gasteiger partial charge in [-0.2, -0.15) is 0 Å². The van der Waals surface area contributed by atoms with E-state index in [2.05, 4.69) is 31.2 Å². The molecule has 0 unspecified atom stereocenters. The Morgan fingerprint density at radius 3 is 2.89 bits per heavy atom. The molecule has 0 bridgehead atoms. The van der Waals surface area contributed by atoms with E-state index >= 15 is 0 Å². The second kappa shape index (κ2) is 5.50. The van der Waals surface area contributed by atoms with Gasteiger partial charge in [-0.3, -0.25) is 10.1 Å². The number of nitrogen functional groups attached to an aromatic ring is 1. The van der Waals surface area contributed by atoms with Crippen molar-refractivity contribution in [1.29, 1.82) is 0 Å². The summed E-state index contributed by atoms with van der Waals surface area (Å²) in [7, 11) is 0. The molecule has 1 aromatic heterocycles. The van der Waals surface area contributed by atoms with Gasteiger partial charge in [-0.05, 0) is 34.1 Å². The molecule has 0 radical (unpaired) electrons. The minimum atomic E-state index is -0.609. The number of anilines is 2. The van der Waals surface area contributed by atoms with Gasteiger partial charge in [0.05, 0.1) is 11.3 Å². The van der Waals surface area contributed by atoms with E-state index in [0.717, 1.165) is 6.07 Å². The van der Waals surface area contributed by atoms with E-state index in [-0.39, 0.29) is 26.8 Å². The molecule has 0 aliphatic carbocycles. The zero-order chi connectivity index (χ0) is 14.0. The van der Waals surface area contributed by atoms with Crippen molar-refractivity contribution >= 4 is 45.1 Å². The fourth-order valence-corrected chi connectivity index (χ4v) is 1.94. The maximum atomic E-state index is 13.2. The summed E-state index contributed by atoms with van der Waals surface area (Å²) >= 11 is 8.76. The van der Waals surface area contributed by atoms with Crippen LogP contribution >= 0.6 is 27.5 Å².